The van der Waals surface area contributed by atoms with Crippen LogP contribution in [0.3, 0.4) is 0 Å². The van der Waals surface area contributed by atoms with Crippen LogP contribution in [0.25, 0.3) is 0 Å². The van der Waals surface area contributed by atoms with E-state index in [1.807, 2.05) is 48.2 Å². The van der Waals surface area contributed by atoms with Crippen LogP contribution >= 0.6 is 27.5 Å². The molecule has 1 aliphatic rings. The third-order valence-corrected chi connectivity index (χ3v) is 5.94. The van der Waals surface area contributed by atoms with Crippen LogP contribution in [-0.4, -0.2) is 37.0 Å². The van der Waals surface area contributed by atoms with Crippen molar-refractivity contribution < 1.29 is 14.3 Å². The molecule has 1 fully saturated rings. The predicted octanol–water partition coefficient (Wildman–Crippen LogP) is 5.18. The third kappa shape index (κ3) is 6.37. The van der Waals surface area contributed by atoms with E-state index in [2.05, 4.69) is 21.2 Å². The van der Waals surface area contributed by atoms with E-state index in [1.165, 1.54) is 0 Å². The molecule has 30 heavy (non-hydrogen) atoms. The van der Waals surface area contributed by atoms with Gasteiger partial charge in [-0.3, -0.25) is 4.79 Å². The summed E-state index contributed by atoms with van der Waals surface area (Å²) in [5.41, 5.74) is 2.03. The molecule has 162 valence electrons. The maximum Gasteiger partial charge on any atom is 0.222 e. The van der Waals surface area contributed by atoms with E-state index in [0.717, 1.165) is 54.6 Å². The predicted molar refractivity (Wildman–Crippen MR) is 123 cm³/mol. The van der Waals surface area contributed by atoms with Gasteiger partial charge in [-0.2, -0.15) is 0 Å². The van der Waals surface area contributed by atoms with E-state index in [1.54, 1.807) is 0 Å². The second kappa shape index (κ2) is 11.6. The van der Waals surface area contributed by atoms with Gasteiger partial charge in [0, 0.05) is 36.6 Å². The quantitative estimate of drug-likeness (QED) is 0.436. The molecule has 2 aromatic rings. The lowest BCUT2D eigenvalue weighted by Gasteiger charge is -2.17. The maximum atomic E-state index is 11.7. The van der Waals surface area contributed by atoms with E-state index < -0.39 is 0 Å². The average Bonchev–Trinajstić information content (AvgIpc) is 3.13. The van der Waals surface area contributed by atoms with E-state index >= 15 is 0 Å². The fourth-order valence-corrected chi connectivity index (χ4v) is 4.25. The van der Waals surface area contributed by atoms with Crippen molar-refractivity contribution in [2.75, 3.05) is 26.2 Å². The molecule has 0 unspecified atom stereocenters. The van der Waals surface area contributed by atoms with Crippen LogP contribution < -0.4 is 14.8 Å². The Kier molecular flexibility index (Phi) is 8.85. The lowest BCUT2D eigenvalue weighted by molar-refractivity contribution is -0.127. The van der Waals surface area contributed by atoms with Crippen molar-refractivity contribution in [3.63, 3.8) is 0 Å². The molecule has 2 aromatic carbocycles. The third-order valence-electron chi connectivity index (χ3n) is 4.98. The Balaban J connectivity index is 1.55. The van der Waals surface area contributed by atoms with Gasteiger partial charge in [-0.25, -0.2) is 0 Å². The van der Waals surface area contributed by atoms with Gasteiger partial charge in [-0.05, 0) is 66.0 Å². The van der Waals surface area contributed by atoms with Crippen molar-refractivity contribution in [3.8, 4) is 11.5 Å². The van der Waals surface area contributed by atoms with Crippen LogP contribution in [0.4, 0.5) is 0 Å². The molecule has 0 bridgehead atoms. The van der Waals surface area contributed by atoms with Gasteiger partial charge in [0.2, 0.25) is 5.91 Å². The smallest absolute Gasteiger partial charge is 0.222 e. The molecular formula is C23H28BrClN2O3. The number of rotatable bonds is 11. The van der Waals surface area contributed by atoms with Gasteiger partial charge in [-0.1, -0.05) is 29.8 Å². The minimum absolute atomic E-state index is 0.285. The summed E-state index contributed by atoms with van der Waals surface area (Å²) in [5.74, 6) is 1.67. The molecule has 0 aliphatic carbocycles. The number of halogens is 2. The van der Waals surface area contributed by atoms with Gasteiger partial charge in [0.05, 0.1) is 11.1 Å². The Morgan fingerprint density at radius 2 is 2.07 bits per heavy atom. The zero-order valence-electron chi connectivity index (χ0n) is 17.3. The van der Waals surface area contributed by atoms with Crippen molar-refractivity contribution >= 4 is 33.4 Å². The molecule has 7 heteroatoms. The highest BCUT2D eigenvalue weighted by Crippen LogP contribution is 2.37. The zero-order chi connectivity index (χ0) is 21.3. The molecule has 1 aliphatic heterocycles. The molecule has 3 rings (SSSR count). The minimum atomic E-state index is 0.285. The number of nitrogens with zero attached hydrogens (tertiary/aromatic N) is 1. The Labute approximate surface area is 191 Å². The van der Waals surface area contributed by atoms with Crippen LogP contribution in [0.1, 0.15) is 37.3 Å². The number of carbonyl (C=O) groups excluding carboxylic acids is 1. The van der Waals surface area contributed by atoms with E-state index in [4.69, 9.17) is 21.1 Å². The Hall–Kier alpha value is -1.76. The lowest BCUT2D eigenvalue weighted by atomic mass is 10.2. The minimum Gasteiger partial charge on any atom is -0.490 e. The molecular weight excluding hydrogens is 468 g/mol. The normalized spacial score (nSPS) is 13.7. The summed E-state index contributed by atoms with van der Waals surface area (Å²) in [5, 5.41) is 4.13. The van der Waals surface area contributed by atoms with Gasteiger partial charge in [0.15, 0.2) is 11.5 Å². The number of likely N-dealkylation sites (tertiary alicyclic amines) is 1. The standard InChI is InChI=1S/C23H28BrClN2O3/c1-2-29-21-14-17(15-26-10-6-12-27-11-5-9-22(27)28)13-19(24)23(21)30-16-18-7-3-4-8-20(18)25/h3-4,7-8,13-14,26H,2,5-6,9-12,15-16H2,1H3. The van der Waals surface area contributed by atoms with Crippen molar-refractivity contribution in [2.45, 2.75) is 39.3 Å². The molecule has 0 radical (unpaired) electrons. The number of amides is 1. The van der Waals surface area contributed by atoms with Gasteiger partial charge in [-0.15, -0.1) is 0 Å². The highest BCUT2D eigenvalue weighted by atomic mass is 79.9. The monoisotopic (exact) mass is 494 g/mol. The van der Waals surface area contributed by atoms with Crippen LogP contribution in [0, 0.1) is 0 Å². The molecule has 1 amide bonds. The fraction of sp³-hybridized carbons (Fsp3) is 0.435. The van der Waals surface area contributed by atoms with E-state index in [-0.39, 0.29) is 5.91 Å². The highest BCUT2D eigenvalue weighted by Gasteiger charge is 2.19. The Morgan fingerprint density at radius 3 is 2.80 bits per heavy atom. The van der Waals surface area contributed by atoms with Gasteiger partial charge in [0.25, 0.3) is 0 Å². The number of benzene rings is 2. The van der Waals surface area contributed by atoms with Crippen LogP contribution in [-0.2, 0) is 17.9 Å². The maximum absolute atomic E-state index is 11.7. The first-order valence-corrected chi connectivity index (χ1v) is 11.6. The van der Waals surface area contributed by atoms with Gasteiger partial charge < -0.3 is 19.7 Å². The van der Waals surface area contributed by atoms with Crippen molar-refractivity contribution in [2.24, 2.45) is 0 Å². The Bertz CT molecular complexity index is 862. The second-order valence-electron chi connectivity index (χ2n) is 7.23. The molecule has 0 aromatic heterocycles. The Morgan fingerprint density at radius 1 is 1.23 bits per heavy atom. The first-order valence-electron chi connectivity index (χ1n) is 10.4. The number of carbonyl (C=O) groups is 1. The summed E-state index contributed by atoms with van der Waals surface area (Å²) in [6, 6.07) is 11.7. The summed E-state index contributed by atoms with van der Waals surface area (Å²) in [4.78, 5) is 13.6. The number of ether oxygens (including phenoxy) is 2. The van der Waals surface area contributed by atoms with Crippen molar-refractivity contribution in [3.05, 3.63) is 57.0 Å². The van der Waals surface area contributed by atoms with Crippen LogP contribution in [0.2, 0.25) is 5.02 Å². The summed E-state index contributed by atoms with van der Waals surface area (Å²) >= 11 is 9.86. The summed E-state index contributed by atoms with van der Waals surface area (Å²) in [6.45, 7) is 6.18. The number of nitrogens with one attached hydrogen (secondary N) is 1. The topological polar surface area (TPSA) is 50.8 Å². The molecule has 0 saturated carbocycles. The van der Waals surface area contributed by atoms with Crippen molar-refractivity contribution in [1.82, 2.24) is 10.2 Å². The van der Waals surface area contributed by atoms with Crippen molar-refractivity contribution in [1.29, 1.82) is 0 Å². The average molecular weight is 496 g/mol. The summed E-state index contributed by atoms with van der Waals surface area (Å²) in [6.07, 6.45) is 2.64. The molecule has 5 nitrogen and oxygen atoms in total. The first kappa shape index (κ1) is 22.9. The SMILES string of the molecule is CCOc1cc(CNCCCN2CCCC2=O)cc(Br)c1OCc1ccccc1Cl. The first-order chi connectivity index (χ1) is 14.6. The van der Waals surface area contributed by atoms with Gasteiger partial charge in [0.1, 0.15) is 6.61 Å². The fourth-order valence-electron chi connectivity index (χ4n) is 3.46. The number of hydrogen-bond acceptors (Lipinski definition) is 4. The van der Waals surface area contributed by atoms with Gasteiger partial charge >= 0.3 is 0 Å². The number of hydrogen-bond donors (Lipinski definition) is 1. The molecule has 1 N–H and O–H groups in total. The van der Waals surface area contributed by atoms with E-state index in [0.29, 0.717) is 36.2 Å². The summed E-state index contributed by atoms with van der Waals surface area (Å²) in [7, 11) is 0. The largest absolute Gasteiger partial charge is 0.490 e. The van der Waals surface area contributed by atoms with E-state index in [9.17, 15) is 4.79 Å². The summed E-state index contributed by atoms with van der Waals surface area (Å²) < 4.78 is 12.7. The second-order valence-corrected chi connectivity index (χ2v) is 8.49. The zero-order valence-corrected chi connectivity index (χ0v) is 19.6. The highest BCUT2D eigenvalue weighted by molar-refractivity contribution is 9.10. The molecule has 1 heterocycles. The molecule has 1 saturated heterocycles. The molecule has 0 spiro atoms. The molecule has 0 atom stereocenters. The lowest BCUT2D eigenvalue weighted by Crippen LogP contribution is -2.28. The van der Waals surface area contributed by atoms with Crippen LogP contribution in [0.15, 0.2) is 40.9 Å². The van der Waals surface area contributed by atoms with Crippen LogP contribution in [0.5, 0.6) is 11.5 Å².